The molecule has 5 nitrogen and oxygen atoms in total. The Labute approximate surface area is 142 Å². The first kappa shape index (κ1) is 16.3. The number of nitrogens with one attached hydrogen (secondary N) is 1. The number of rotatable bonds is 5. The van der Waals surface area contributed by atoms with Gasteiger partial charge in [-0.1, -0.05) is 6.07 Å². The highest BCUT2D eigenvalue weighted by molar-refractivity contribution is 5.78. The molecule has 5 heteroatoms. The van der Waals surface area contributed by atoms with Crippen LogP contribution in [0, 0.1) is 6.92 Å². The summed E-state index contributed by atoms with van der Waals surface area (Å²) in [4.78, 5) is 16.4. The Bertz CT molecular complexity index is 741. The Kier molecular flexibility index (Phi) is 4.69. The molecule has 1 aromatic heterocycles. The Morgan fingerprint density at radius 2 is 2.25 bits per heavy atom. The number of methoxy groups -OCH3 is 1. The highest BCUT2D eigenvalue weighted by Gasteiger charge is 2.21. The second kappa shape index (κ2) is 6.91. The van der Waals surface area contributed by atoms with Crippen LogP contribution in [0.15, 0.2) is 30.5 Å². The molecule has 1 amide bonds. The summed E-state index contributed by atoms with van der Waals surface area (Å²) in [6, 6.07) is 7.80. The van der Waals surface area contributed by atoms with E-state index >= 15 is 0 Å². The lowest BCUT2D eigenvalue weighted by molar-refractivity contribution is -0.120. The smallest absolute Gasteiger partial charge is 0.224 e. The number of ether oxygens (including phenoxy) is 2. The zero-order valence-corrected chi connectivity index (χ0v) is 14.3. The topological polar surface area (TPSA) is 60.5 Å². The van der Waals surface area contributed by atoms with Gasteiger partial charge in [-0.2, -0.15) is 0 Å². The van der Waals surface area contributed by atoms with Gasteiger partial charge < -0.3 is 14.8 Å². The van der Waals surface area contributed by atoms with Crippen molar-refractivity contribution >= 4 is 5.91 Å². The molecule has 3 rings (SSSR count). The van der Waals surface area contributed by atoms with E-state index in [4.69, 9.17) is 9.47 Å². The summed E-state index contributed by atoms with van der Waals surface area (Å²) >= 11 is 0. The van der Waals surface area contributed by atoms with Crippen LogP contribution in [-0.4, -0.2) is 24.1 Å². The van der Waals surface area contributed by atoms with E-state index in [-0.39, 0.29) is 12.0 Å². The summed E-state index contributed by atoms with van der Waals surface area (Å²) in [6.45, 7) is 4.38. The number of pyridine rings is 1. The molecule has 0 bridgehead atoms. The third kappa shape index (κ3) is 3.67. The zero-order valence-electron chi connectivity index (χ0n) is 14.3. The molecule has 126 valence electrons. The van der Waals surface area contributed by atoms with Crippen molar-refractivity contribution in [2.45, 2.75) is 39.3 Å². The number of carbonyl (C=O) groups excluding carboxylic acids is 1. The van der Waals surface area contributed by atoms with E-state index in [1.165, 1.54) is 0 Å². The first-order valence-corrected chi connectivity index (χ1v) is 8.10. The number of amides is 1. The second-order valence-corrected chi connectivity index (χ2v) is 6.17. The van der Waals surface area contributed by atoms with Crippen molar-refractivity contribution in [1.82, 2.24) is 10.3 Å². The van der Waals surface area contributed by atoms with Crippen molar-refractivity contribution in [2.24, 2.45) is 0 Å². The van der Waals surface area contributed by atoms with E-state index in [2.05, 4.69) is 10.3 Å². The van der Waals surface area contributed by atoms with Crippen LogP contribution in [0.1, 0.15) is 29.3 Å². The van der Waals surface area contributed by atoms with E-state index in [9.17, 15) is 4.79 Å². The maximum absolute atomic E-state index is 12.1. The number of hydrogen-bond donors (Lipinski definition) is 1. The molecule has 0 fully saturated rings. The van der Waals surface area contributed by atoms with Crippen LogP contribution in [0.3, 0.4) is 0 Å². The molecular formula is C19H22N2O3. The third-order valence-corrected chi connectivity index (χ3v) is 4.11. The van der Waals surface area contributed by atoms with Gasteiger partial charge in [0.2, 0.25) is 5.91 Å². The monoisotopic (exact) mass is 326 g/mol. The number of carbonyl (C=O) groups is 1. The maximum Gasteiger partial charge on any atom is 0.224 e. The Hall–Kier alpha value is -2.56. The van der Waals surface area contributed by atoms with Crippen LogP contribution in [-0.2, 0) is 24.2 Å². The van der Waals surface area contributed by atoms with Crippen molar-refractivity contribution in [2.75, 3.05) is 7.11 Å². The van der Waals surface area contributed by atoms with Crippen molar-refractivity contribution in [3.05, 3.63) is 52.8 Å². The van der Waals surface area contributed by atoms with E-state index < -0.39 is 0 Å². The van der Waals surface area contributed by atoms with Gasteiger partial charge in [-0.3, -0.25) is 9.78 Å². The van der Waals surface area contributed by atoms with Crippen LogP contribution < -0.4 is 14.8 Å². The zero-order chi connectivity index (χ0) is 17.1. The molecule has 2 aromatic rings. The molecule has 0 spiro atoms. The fraction of sp³-hybridized carbons (Fsp3) is 0.368. The summed E-state index contributed by atoms with van der Waals surface area (Å²) < 4.78 is 11.2. The molecule has 1 aromatic carbocycles. The summed E-state index contributed by atoms with van der Waals surface area (Å²) in [7, 11) is 1.64. The van der Waals surface area contributed by atoms with Crippen molar-refractivity contribution < 1.29 is 14.3 Å². The summed E-state index contributed by atoms with van der Waals surface area (Å²) in [5.74, 6) is 1.62. The Morgan fingerprint density at radius 1 is 1.42 bits per heavy atom. The van der Waals surface area contributed by atoms with Gasteiger partial charge in [0.15, 0.2) is 0 Å². The molecule has 1 aliphatic rings. The molecule has 2 heterocycles. The maximum atomic E-state index is 12.1. The molecule has 0 aliphatic carbocycles. The van der Waals surface area contributed by atoms with Gasteiger partial charge in [0, 0.05) is 36.0 Å². The van der Waals surface area contributed by atoms with Gasteiger partial charge in [0.05, 0.1) is 13.5 Å². The minimum atomic E-state index is -0.0440. The lowest BCUT2D eigenvalue weighted by Crippen LogP contribution is -2.24. The van der Waals surface area contributed by atoms with Crippen molar-refractivity contribution in [3.63, 3.8) is 0 Å². The van der Waals surface area contributed by atoms with Crippen LogP contribution >= 0.6 is 0 Å². The minimum absolute atomic E-state index is 0.0440. The second-order valence-electron chi connectivity index (χ2n) is 6.17. The lowest BCUT2D eigenvalue weighted by atomic mass is 10.1. The molecule has 0 saturated carbocycles. The van der Waals surface area contributed by atoms with Gasteiger partial charge in [-0.25, -0.2) is 0 Å². The Balaban J connectivity index is 1.64. The van der Waals surface area contributed by atoms with Gasteiger partial charge in [0.25, 0.3) is 0 Å². The number of nitrogens with zero attached hydrogens (tertiary/aromatic N) is 1. The average molecular weight is 326 g/mol. The molecule has 0 radical (unpaired) electrons. The Morgan fingerprint density at radius 3 is 2.96 bits per heavy atom. The van der Waals surface area contributed by atoms with Crippen LogP contribution in [0.5, 0.6) is 11.5 Å². The van der Waals surface area contributed by atoms with E-state index in [1.54, 1.807) is 13.3 Å². The number of fused-ring (bicyclic) bond motifs is 1. The van der Waals surface area contributed by atoms with Crippen molar-refractivity contribution in [3.8, 4) is 11.5 Å². The molecular weight excluding hydrogens is 304 g/mol. The number of hydrogen-bond acceptors (Lipinski definition) is 4. The normalized spacial score (nSPS) is 15.5. The summed E-state index contributed by atoms with van der Waals surface area (Å²) in [6.07, 6.45) is 3.12. The van der Waals surface area contributed by atoms with E-state index in [1.807, 2.05) is 38.1 Å². The predicted octanol–water partition coefficient (Wildman–Crippen LogP) is 2.58. The minimum Gasteiger partial charge on any atom is -0.496 e. The summed E-state index contributed by atoms with van der Waals surface area (Å²) in [5.41, 5.74) is 3.91. The third-order valence-electron chi connectivity index (χ3n) is 4.11. The largest absolute Gasteiger partial charge is 0.496 e. The van der Waals surface area contributed by atoms with E-state index in [0.717, 1.165) is 40.3 Å². The molecule has 1 N–H and O–H groups in total. The molecule has 0 saturated heterocycles. The van der Waals surface area contributed by atoms with Gasteiger partial charge in [-0.15, -0.1) is 0 Å². The van der Waals surface area contributed by atoms with E-state index in [0.29, 0.717) is 13.0 Å². The summed E-state index contributed by atoms with van der Waals surface area (Å²) in [5, 5.41) is 2.94. The van der Waals surface area contributed by atoms with Gasteiger partial charge in [0.1, 0.15) is 17.6 Å². The number of aromatic nitrogens is 1. The number of benzene rings is 1. The standard InChI is InChI=1S/C19H22N2O3/c1-12-4-5-14(10-20-12)7-19(22)21-11-16-9-18-15(6-13(2)24-18)8-17(16)23-3/h4-5,8-10,13H,6-7,11H2,1-3H3,(H,21,22)/t13-/m1/s1. The molecule has 0 unspecified atom stereocenters. The molecule has 1 aliphatic heterocycles. The van der Waals surface area contributed by atoms with Gasteiger partial charge in [-0.05, 0) is 37.6 Å². The average Bonchev–Trinajstić information content (AvgIpc) is 2.93. The molecule has 1 atom stereocenters. The molecule has 24 heavy (non-hydrogen) atoms. The van der Waals surface area contributed by atoms with Crippen LogP contribution in [0.4, 0.5) is 0 Å². The first-order valence-electron chi connectivity index (χ1n) is 8.10. The fourth-order valence-corrected chi connectivity index (χ4v) is 2.85. The first-order chi connectivity index (χ1) is 11.5. The predicted molar refractivity (Wildman–Crippen MR) is 91.3 cm³/mol. The van der Waals surface area contributed by atoms with Crippen molar-refractivity contribution in [1.29, 1.82) is 0 Å². The highest BCUT2D eigenvalue weighted by Crippen LogP contribution is 2.34. The van der Waals surface area contributed by atoms with Crippen LogP contribution in [0.2, 0.25) is 0 Å². The number of aryl methyl sites for hydroxylation is 1. The lowest BCUT2D eigenvalue weighted by Gasteiger charge is -2.12. The quantitative estimate of drug-likeness (QED) is 0.917. The highest BCUT2D eigenvalue weighted by atomic mass is 16.5. The fourth-order valence-electron chi connectivity index (χ4n) is 2.85. The van der Waals surface area contributed by atoms with Gasteiger partial charge >= 0.3 is 0 Å². The van der Waals surface area contributed by atoms with Crippen LogP contribution in [0.25, 0.3) is 0 Å². The SMILES string of the molecule is COc1cc2c(cc1CNC(=O)Cc1ccc(C)nc1)O[C@H](C)C2.